The van der Waals surface area contributed by atoms with Gasteiger partial charge in [-0.25, -0.2) is 4.39 Å². The largest absolute Gasteiger partial charge is 0.486 e. The van der Waals surface area contributed by atoms with Gasteiger partial charge >= 0.3 is 0 Å². The van der Waals surface area contributed by atoms with Crippen molar-refractivity contribution in [3.63, 3.8) is 0 Å². The molecule has 0 bridgehead atoms. The molecule has 0 unspecified atom stereocenters. The van der Waals surface area contributed by atoms with Gasteiger partial charge in [-0.2, -0.15) is 0 Å². The van der Waals surface area contributed by atoms with Crippen molar-refractivity contribution in [3.8, 4) is 5.75 Å². The lowest BCUT2D eigenvalue weighted by Crippen LogP contribution is -2.02. The van der Waals surface area contributed by atoms with E-state index in [-0.39, 0.29) is 18.9 Å². The average molecular weight is 256 g/mol. The van der Waals surface area contributed by atoms with E-state index in [1.165, 1.54) is 18.4 Å². The van der Waals surface area contributed by atoms with Gasteiger partial charge in [-0.05, 0) is 24.3 Å². The van der Waals surface area contributed by atoms with Crippen molar-refractivity contribution in [2.24, 2.45) is 5.73 Å². The summed E-state index contributed by atoms with van der Waals surface area (Å²) in [6, 6.07) is 6.01. The Kier molecular flexibility index (Phi) is 3.66. The molecule has 0 aliphatic rings. The SMILES string of the molecule is NCc1occc1COc1ccc(Cl)cc1F. The first-order chi connectivity index (χ1) is 8.20. The quantitative estimate of drug-likeness (QED) is 0.913. The molecule has 2 rings (SSSR count). The average Bonchev–Trinajstić information content (AvgIpc) is 2.75. The van der Waals surface area contributed by atoms with Crippen molar-refractivity contribution >= 4 is 11.6 Å². The van der Waals surface area contributed by atoms with Crippen LogP contribution in [0.15, 0.2) is 34.9 Å². The van der Waals surface area contributed by atoms with E-state index in [1.54, 1.807) is 12.1 Å². The van der Waals surface area contributed by atoms with E-state index in [9.17, 15) is 4.39 Å². The second-order valence-electron chi connectivity index (χ2n) is 3.44. The van der Waals surface area contributed by atoms with Crippen molar-refractivity contribution < 1.29 is 13.5 Å². The normalized spacial score (nSPS) is 10.5. The molecule has 0 amide bonds. The summed E-state index contributed by atoms with van der Waals surface area (Å²) in [7, 11) is 0. The first-order valence-corrected chi connectivity index (χ1v) is 5.41. The second kappa shape index (κ2) is 5.21. The summed E-state index contributed by atoms with van der Waals surface area (Å²) in [6.07, 6.45) is 1.53. The van der Waals surface area contributed by atoms with Gasteiger partial charge < -0.3 is 14.9 Å². The number of nitrogens with two attached hydrogens (primary N) is 1. The maximum atomic E-state index is 13.4. The van der Waals surface area contributed by atoms with Gasteiger partial charge in [-0.3, -0.25) is 0 Å². The second-order valence-corrected chi connectivity index (χ2v) is 3.87. The van der Waals surface area contributed by atoms with Crippen LogP contribution in [0.3, 0.4) is 0 Å². The Bertz CT molecular complexity index is 513. The van der Waals surface area contributed by atoms with Crippen LogP contribution < -0.4 is 10.5 Å². The van der Waals surface area contributed by atoms with Crippen LogP contribution in [0.4, 0.5) is 4.39 Å². The molecule has 1 aromatic heterocycles. The summed E-state index contributed by atoms with van der Waals surface area (Å²) in [5.41, 5.74) is 6.28. The fourth-order valence-electron chi connectivity index (χ4n) is 1.42. The molecular weight excluding hydrogens is 245 g/mol. The predicted molar refractivity (Wildman–Crippen MR) is 62.3 cm³/mol. The van der Waals surface area contributed by atoms with E-state index in [0.717, 1.165) is 5.56 Å². The fraction of sp³-hybridized carbons (Fsp3) is 0.167. The van der Waals surface area contributed by atoms with Crippen molar-refractivity contribution in [1.82, 2.24) is 0 Å². The Hall–Kier alpha value is -1.52. The molecule has 17 heavy (non-hydrogen) atoms. The summed E-state index contributed by atoms with van der Waals surface area (Å²) in [5, 5.41) is 0.334. The Morgan fingerprint density at radius 2 is 2.18 bits per heavy atom. The van der Waals surface area contributed by atoms with Gasteiger partial charge in [-0.1, -0.05) is 11.6 Å². The van der Waals surface area contributed by atoms with Gasteiger partial charge in [0.25, 0.3) is 0 Å². The molecule has 3 nitrogen and oxygen atoms in total. The Labute approximate surface area is 103 Å². The highest BCUT2D eigenvalue weighted by Crippen LogP contribution is 2.22. The van der Waals surface area contributed by atoms with Gasteiger partial charge in [0.15, 0.2) is 11.6 Å². The Balaban J connectivity index is 2.07. The third kappa shape index (κ3) is 2.78. The molecule has 90 valence electrons. The van der Waals surface area contributed by atoms with Crippen molar-refractivity contribution in [1.29, 1.82) is 0 Å². The molecule has 1 aromatic carbocycles. The van der Waals surface area contributed by atoms with Gasteiger partial charge in [-0.15, -0.1) is 0 Å². The third-order valence-electron chi connectivity index (χ3n) is 2.30. The topological polar surface area (TPSA) is 48.4 Å². The van der Waals surface area contributed by atoms with E-state index in [0.29, 0.717) is 10.8 Å². The van der Waals surface area contributed by atoms with E-state index in [1.807, 2.05) is 0 Å². The van der Waals surface area contributed by atoms with Crippen LogP contribution in [0.25, 0.3) is 0 Å². The Morgan fingerprint density at radius 1 is 1.35 bits per heavy atom. The zero-order valence-electron chi connectivity index (χ0n) is 8.95. The smallest absolute Gasteiger partial charge is 0.166 e. The first kappa shape index (κ1) is 12.0. The van der Waals surface area contributed by atoms with Crippen molar-refractivity contribution in [2.75, 3.05) is 0 Å². The minimum Gasteiger partial charge on any atom is -0.486 e. The van der Waals surface area contributed by atoms with Crippen LogP contribution in [0.5, 0.6) is 5.75 Å². The molecule has 0 atom stereocenters. The Morgan fingerprint density at radius 3 is 2.88 bits per heavy atom. The number of furan rings is 1. The van der Waals surface area contributed by atoms with Crippen molar-refractivity contribution in [2.45, 2.75) is 13.2 Å². The first-order valence-electron chi connectivity index (χ1n) is 5.04. The zero-order valence-corrected chi connectivity index (χ0v) is 9.71. The summed E-state index contributed by atoms with van der Waals surface area (Å²) >= 11 is 5.64. The number of hydrogen-bond donors (Lipinski definition) is 1. The molecule has 0 spiro atoms. The van der Waals surface area contributed by atoms with Gasteiger partial charge in [0.2, 0.25) is 0 Å². The minimum atomic E-state index is -0.490. The molecular formula is C12H11ClFNO2. The fourth-order valence-corrected chi connectivity index (χ4v) is 1.58. The molecule has 0 fully saturated rings. The summed E-state index contributed by atoms with van der Waals surface area (Å²) in [6.45, 7) is 0.496. The number of benzene rings is 1. The highest BCUT2D eigenvalue weighted by atomic mass is 35.5. The van der Waals surface area contributed by atoms with E-state index in [2.05, 4.69) is 0 Å². The lowest BCUT2D eigenvalue weighted by atomic mass is 10.2. The molecule has 0 aliphatic carbocycles. The molecule has 0 aliphatic heterocycles. The van der Waals surface area contributed by atoms with E-state index < -0.39 is 5.82 Å². The van der Waals surface area contributed by atoms with Gasteiger partial charge in [0.1, 0.15) is 12.4 Å². The maximum absolute atomic E-state index is 13.4. The van der Waals surface area contributed by atoms with Crippen LogP contribution in [-0.4, -0.2) is 0 Å². The lowest BCUT2D eigenvalue weighted by molar-refractivity contribution is 0.287. The number of ether oxygens (including phenoxy) is 1. The van der Waals surface area contributed by atoms with Crippen LogP contribution in [0.2, 0.25) is 5.02 Å². The summed E-state index contributed by atoms with van der Waals surface area (Å²) < 4.78 is 23.9. The van der Waals surface area contributed by atoms with Gasteiger partial charge in [0, 0.05) is 10.6 Å². The molecule has 0 radical (unpaired) electrons. The summed E-state index contributed by atoms with van der Waals surface area (Å²) in [5.74, 6) is 0.299. The number of rotatable bonds is 4. The zero-order chi connectivity index (χ0) is 12.3. The number of hydrogen-bond acceptors (Lipinski definition) is 3. The molecule has 1 heterocycles. The van der Waals surface area contributed by atoms with Crippen molar-refractivity contribution in [3.05, 3.63) is 52.7 Å². The molecule has 2 aromatic rings. The maximum Gasteiger partial charge on any atom is 0.166 e. The lowest BCUT2D eigenvalue weighted by Gasteiger charge is -2.07. The highest BCUT2D eigenvalue weighted by Gasteiger charge is 2.08. The van der Waals surface area contributed by atoms with Crippen LogP contribution in [0, 0.1) is 5.82 Å². The molecule has 2 N–H and O–H groups in total. The molecule has 0 saturated carbocycles. The standard InChI is InChI=1S/C12H11ClFNO2/c13-9-1-2-11(10(14)5-9)17-7-8-3-4-16-12(8)6-15/h1-5H,6-7,15H2. The molecule has 5 heteroatoms. The predicted octanol–water partition coefficient (Wildman–Crippen LogP) is 3.11. The van der Waals surface area contributed by atoms with Crippen LogP contribution in [0.1, 0.15) is 11.3 Å². The minimum absolute atomic E-state index is 0.151. The van der Waals surface area contributed by atoms with E-state index >= 15 is 0 Å². The third-order valence-corrected chi connectivity index (χ3v) is 2.54. The van der Waals surface area contributed by atoms with Gasteiger partial charge in [0.05, 0.1) is 12.8 Å². The number of halogens is 2. The summed E-state index contributed by atoms with van der Waals surface area (Å²) in [4.78, 5) is 0. The van der Waals surface area contributed by atoms with Crippen LogP contribution >= 0.6 is 11.6 Å². The molecule has 0 saturated heterocycles. The van der Waals surface area contributed by atoms with E-state index in [4.69, 9.17) is 26.5 Å². The monoisotopic (exact) mass is 255 g/mol. The highest BCUT2D eigenvalue weighted by molar-refractivity contribution is 6.30. The van der Waals surface area contributed by atoms with Crippen LogP contribution in [-0.2, 0) is 13.2 Å².